The van der Waals surface area contributed by atoms with E-state index in [4.69, 9.17) is 0 Å². The molecule has 1 nitrogen and oxygen atoms in total. The fraction of sp³-hybridized carbons (Fsp3) is 0.375. The van der Waals surface area contributed by atoms with Crippen molar-refractivity contribution < 1.29 is 4.79 Å². The highest BCUT2D eigenvalue weighted by atomic mass is 16.1. The highest BCUT2D eigenvalue weighted by molar-refractivity contribution is 5.87. The molecule has 0 bridgehead atoms. The Balaban J connectivity index is 3.47. The van der Waals surface area contributed by atoms with Gasteiger partial charge in [-0.25, -0.2) is 0 Å². The molecule has 0 atom stereocenters. The molecule has 0 saturated heterocycles. The van der Waals surface area contributed by atoms with E-state index in [0.29, 0.717) is 0 Å². The zero-order valence-corrected chi connectivity index (χ0v) is 5.92. The first-order valence-electron chi connectivity index (χ1n) is 3.11. The SMILES string of the molecule is CC/C=C/C=C/C(C)=O. The topological polar surface area (TPSA) is 17.1 Å². The second-order valence-corrected chi connectivity index (χ2v) is 1.81. The Morgan fingerprint density at radius 3 is 2.56 bits per heavy atom. The van der Waals surface area contributed by atoms with Crippen molar-refractivity contribution in [1.29, 1.82) is 0 Å². The molecular formula is C8H12O. The lowest BCUT2D eigenvalue weighted by molar-refractivity contribution is -0.112. The van der Waals surface area contributed by atoms with Gasteiger partial charge in [0.2, 0.25) is 0 Å². The minimum Gasteiger partial charge on any atom is -0.295 e. The maximum atomic E-state index is 10.3. The van der Waals surface area contributed by atoms with Crippen LogP contribution in [0.2, 0.25) is 0 Å². The summed E-state index contributed by atoms with van der Waals surface area (Å²) in [4.78, 5) is 10.3. The Hall–Kier alpha value is -0.850. The van der Waals surface area contributed by atoms with Crippen molar-refractivity contribution in [3.8, 4) is 0 Å². The van der Waals surface area contributed by atoms with Crippen LogP contribution in [-0.2, 0) is 4.79 Å². The number of rotatable bonds is 3. The zero-order chi connectivity index (χ0) is 7.11. The van der Waals surface area contributed by atoms with Crippen molar-refractivity contribution in [3.05, 3.63) is 24.3 Å². The molecular weight excluding hydrogens is 112 g/mol. The Morgan fingerprint density at radius 1 is 1.44 bits per heavy atom. The van der Waals surface area contributed by atoms with E-state index in [2.05, 4.69) is 6.92 Å². The normalized spacial score (nSPS) is 11.3. The summed E-state index contributed by atoms with van der Waals surface area (Å²) >= 11 is 0. The van der Waals surface area contributed by atoms with Crippen molar-refractivity contribution in [1.82, 2.24) is 0 Å². The number of hydrogen-bond acceptors (Lipinski definition) is 1. The molecule has 0 saturated carbocycles. The van der Waals surface area contributed by atoms with Gasteiger partial charge < -0.3 is 0 Å². The quantitative estimate of drug-likeness (QED) is 0.416. The van der Waals surface area contributed by atoms with Crippen LogP contribution in [0.4, 0.5) is 0 Å². The number of allylic oxidation sites excluding steroid dienone is 4. The highest BCUT2D eigenvalue weighted by Crippen LogP contribution is 1.81. The molecule has 0 aliphatic heterocycles. The summed E-state index contributed by atoms with van der Waals surface area (Å²) in [6.45, 7) is 3.59. The molecule has 0 spiro atoms. The molecule has 1 heteroatoms. The van der Waals surface area contributed by atoms with E-state index < -0.39 is 0 Å². The van der Waals surface area contributed by atoms with Crippen LogP contribution in [0.25, 0.3) is 0 Å². The lowest BCUT2D eigenvalue weighted by Gasteiger charge is -1.74. The van der Waals surface area contributed by atoms with Gasteiger partial charge in [-0.05, 0) is 19.4 Å². The monoisotopic (exact) mass is 124 g/mol. The maximum Gasteiger partial charge on any atom is 0.152 e. The molecule has 9 heavy (non-hydrogen) atoms. The van der Waals surface area contributed by atoms with E-state index in [0.717, 1.165) is 6.42 Å². The van der Waals surface area contributed by atoms with Crippen molar-refractivity contribution >= 4 is 5.78 Å². The van der Waals surface area contributed by atoms with E-state index in [1.165, 1.54) is 6.92 Å². The van der Waals surface area contributed by atoms with E-state index >= 15 is 0 Å². The first kappa shape index (κ1) is 8.15. The van der Waals surface area contributed by atoms with Crippen molar-refractivity contribution in [2.45, 2.75) is 20.3 Å². The van der Waals surface area contributed by atoms with E-state index in [9.17, 15) is 4.79 Å². The van der Waals surface area contributed by atoms with E-state index in [1.54, 1.807) is 12.2 Å². The van der Waals surface area contributed by atoms with Crippen molar-refractivity contribution in [2.75, 3.05) is 0 Å². The Bertz CT molecular complexity index is 132. The van der Waals surface area contributed by atoms with Crippen molar-refractivity contribution in [3.63, 3.8) is 0 Å². The van der Waals surface area contributed by atoms with Crippen molar-refractivity contribution in [2.24, 2.45) is 0 Å². The zero-order valence-electron chi connectivity index (χ0n) is 5.92. The minimum absolute atomic E-state index is 0.0933. The standard InChI is InChI=1S/C8H12O/c1-3-4-5-6-7-8(2)9/h4-7H,3H2,1-2H3/b5-4+,7-6+. The average Bonchev–Trinajstić information content (AvgIpc) is 1.80. The van der Waals surface area contributed by atoms with Gasteiger partial charge in [0.05, 0.1) is 0 Å². The number of carbonyl (C=O) groups is 1. The fourth-order valence-electron chi connectivity index (χ4n) is 0.406. The first-order valence-corrected chi connectivity index (χ1v) is 3.11. The Morgan fingerprint density at radius 2 is 2.11 bits per heavy atom. The number of carbonyl (C=O) groups excluding carboxylic acids is 1. The predicted octanol–water partition coefficient (Wildman–Crippen LogP) is 2.10. The molecule has 0 aliphatic carbocycles. The molecule has 0 radical (unpaired) electrons. The minimum atomic E-state index is 0.0933. The Kier molecular flexibility index (Phi) is 4.79. The van der Waals surface area contributed by atoms with Crippen LogP contribution >= 0.6 is 0 Å². The molecule has 0 amide bonds. The summed E-state index contributed by atoms with van der Waals surface area (Å²) in [5.41, 5.74) is 0. The van der Waals surface area contributed by atoms with Gasteiger partial charge in [0.1, 0.15) is 0 Å². The van der Waals surface area contributed by atoms with Gasteiger partial charge in [-0.15, -0.1) is 0 Å². The van der Waals surface area contributed by atoms with E-state index in [-0.39, 0.29) is 5.78 Å². The van der Waals surface area contributed by atoms with Gasteiger partial charge >= 0.3 is 0 Å². The predicted molar refractivity (Wildman–Crippen MR) is 39.3 cm³/mol. The van der Waals surface area contributed by atoms with Gasteiger partial charge in [-0.1, -0.05) is 25.2 Å². The fourth-order valence-corrected chi connectivity index (χ4v) is 0.406. The van der Waals surface area contributed by atoms with Gasteiger partial charge in [-0.2, -0.15) is 0 Å². The second kappa shape index (κ2) is 5.29. The van der Waals surface area contributed by atoms with Gasteiger partial charge in [-0.3, -0.25) is 4.79 Å². The second-order valence-electron chi connectivity index (χ2n) is 1.81. The third-order valence-corrected chi connectivity index (χ3v) is 0.814. The summed E-state index contributed by atoms with van der Waals surface area (Å²) in [6.07, 6.45) is 8.20. The molecule has 0 aliphatic rings. The molecule has 0 aromatic heterocycles. The van der Waals surface area contributed by atoms with Gasteiger partial charge in [0.25, 0.3) is 0 Å². The molecule has 0 fully saturated rings. The summed E-state index contributed by atoms with van der Waals surface area (Å²) in [5.74, 6) is 0.0933. The lowest BCUT2D eigenvalue weighted by atomic mass is 10.3. The lowest BCUT2D eigenvalue weighted by Crippen LogP contribution is -1.77. The molecule has 0 N–H and O–H groups in total. The molecule has 50 valence electrons. The number of hydrogen-bond donors (Lipinski definition) is 0. The summed E-state index contributed by atoms with van der Waals surface area (Å²) in [5, 5.41) is 0. The third kappa shape index (κ3) is 7.15. The summed E-state index contributed by atoms with van der Waals surface area (Å²) in [6, 6.07) is 0. The van der Waals surface area contributed by atoms with Crippen LogP contribution in [0.1, 0.15) is 20.3 Å². The number of ketones is 1. The van der Waals surface area contributed by atoms with E-state index in [1.807, 2.05) is 12.2 Å². The average molecular weight is 124 g/mol. The molecule has 0 unspecified atom stereocenters. The molecule has 0 heterocycles. The van der Waals surface area contributed by atoms with Crippen LogP contribution in [0.5, 0.6) is 0 Å². The van der Waals surface area contributed by atoms with Crippen LogP contribution in [0.15, 0.2) is 24.3 Å². The van der Waals surface area contributed by atoms with Gasteiger partial charge in [0, 0.05) is 0 Å². The Labute approximate surface area is 56.1 Å². The molecule has 0 rings (SSSR count). The molecule has 0 aromatic carbocycles. The van der Waals surface area contributed by atoms with Crippen LogP contribution in [0.3, 0.4) is 0 Å². The highest BCUT2D eigenvalue weighted by Gasteiger charge is 1.75. The third-order valence-electron chi connectivity index (χ3n) is 0.814. The van der Waals surface area contributed by atoms with Gasteiger partial charge in [0.15, 0.2) is 5.78 Å². The maximum absolute atomic E-state index is 10.3. The smallest absolute Gasteiger partial charge is 0.152 e. The van der Waals surface area contributed by atoms with Crippen LogP contribution < -0.4 is 0 Å². The van der Waals surface area contributed by atoms with Crippen LogP contribution in [0, 0.1) is 0 Å². The summed E-state index contributed by atoms with van der Waals surface area (Å²) < 4.78 is 0. The largest absolute Gasteiger partial charge is 0.295 e. The molecule has 0 aromatic rings. The summed E-state index contributed by atoms with van der Waals surface area (Å²) in [7, 11) is 0. The van der Waals surface area contributed by atoms with Crippen LogP contribution in [-0.4, -0.2) is 5.78 Å². The first-order chi connectivity index (χ1) is 4.27.